The predicted octanol–water partition coefficient (Wildman–Crippen LogP) is 2.88. The normalized spacial score (nSPS) is 23.6. The SMILES string of the molecule is CC1CN(c2c(C=O)cc3c(N4C(=O)OCC4c4cnccn4)noc3c2F)CC(C)O1. The third kappa shape index (κ3) is 3.25. The van der Waals surface area contributed by atoms with Gasteiger partial charge in [0.1, 0.15) is 12.6 Å². The molecule has 2 aromatic heterocycles. The van der Waals surface area contributed by atoms with Crippen LogP contribution >= 0.6 is 0 Å². The third-order valence-electron chi connectivity index (χ3n) is 5.58. The molecular formula is C21H20FN5O5. The van der Waals surface area contributed by atoms with Crippen LogP contribution in [0.25, 0.3) is 11.0 Å². The molecule has 1 aromatic carbocycles. The molecule has 0 radical (unpaired) electrons. The number of halogens is 1. The average Bonchev–Trinajstić information content (AvgIpc) is 3.36. The number of aldehydes is 1. The molecule has 2 aliphatic rings. The zero-order valence-electron chi connectivity index (χ0n) is 17.4. The lowest BCUT2D eigenvalue weighted by Gasteiger charge is -2.37. The number of aromatic nitrogens is 3. The fourth-order valence-corrected chi connectivity index (χ4v) is 4.34. The summed E-state index contributed by atoms with van der Waals surface area (Å²) in [5, 5.41) is 4.15. The van der Waals surface area contributed by atoms with Crippen molar-refractivity contribution in [2.75, 3.05) is 29.5 Å². The Morgan fingerprint density at radius 2 is 2.00 bits per heavy atom. The number of carbonyl (C=O) groups is 2. The minimum Gasteiger partial charge on any atom is -0.446 e. The number of amides is 1. The van der Waals surface area contributed by atoms with Crippen LogP contribution in [0.3, 0.4) is 0 Å². The summed E-state index contributed by atoms with van der Waals surface area (Å²) in [6, 6.07) is 0.865. The molecule has 4 heterocycles. The summed E-state index contributed by atoms with van der Waals surface area (Å²) in [5.74, 6) is -0.663. The van der Waals surface area contributed by atoms with Gasteiger partial charge in [0.05, 0.1) is 35.2 Å². The minimum atomic E-state index is -0.715. The summed E-state index contributed by atoms with van der Waals surface area (Å²) in [6.45, 7) is 4.63. The second kappa shape index (κ2) is 7.83. The molecule has 0 saturated carbocycles. The van der Waals surface area contributed by atoms with Crippen molar-refractivity contribution in [3.05, 3.63) is 41.7 Å². The van der Waals surface area contributed by atoms with Gasteiger partial charge in [-0.25, -0.2) is 14.1 Å². The van der Waals surface area contributed by atoms with E-state index in [9.17, 15) is 9.59 Å². The smallest absolute Gasteiger partial charge is 0.416 e. The first kappa shape index (κ1) is 20.3. The van der Waals surface area contributed by atoms with Crippen LogP contribution in [-0.2, 0) is 9.47 Å². The fourth-order valence-electron chi connectivity index (χ4n) is 4.34. The summed E-state index contributed by atoms with van der Waals surface area (Å²) in [4.78, 5) is 35.7. The van der Waals surface area contributed by atoms with Gasteiger partial charge in [0, 0.05) is 31.0 Å². The molecule has 3 atom stereocenters. The van der Waals surface area contributed by atoms with E-state index in [2.05, 4.69) is 15.1 Å². The van der Waals surface area contributed by atoms with Crippen molar-refractivity contribution in [2.24, 2.45) is 0 Å². The van der Waals surface area contributed by atoms with Crippen molar-refractivity contribution in [1.82, 2.24) is 15.1 Å². The van der Waals surface area contributed by atoms with Crippen LogP contribution in [0.2, 0.25) is 0 Å². The molecule has 10 nitrogen and oxygen atoms in total. The van der Waals surface area contributed by atoms with Crippen LogP contribution in [0.5, 0.6) is 0 Å². The van der Waals surface area contributed by atoms with E-state index in [1.54, 1.807) is 4.90 Å². The summed E-state index contributed by atoms with van der Waals surface area (Å²) < 4.78 is 31.9. The summed E-state index contributed by atoms with van der Waals surface area (Å²) in [7, 11) is 0. The predicted molar refractivity (Wildman–Crippen MR) is 110 cm³/mol. The molecule has 2 fully saturated rings. The second-order valence-electron chi connectivity index (χ2n) is 7.88. The van der Waals surface area contributed by atoms with E-state index in [0.717, 1.165) is 0 Å². The molecule has 11 heteroatoms. The first-order valence-corrected chi connectivity index (χ1v) is 10.2. The lowest BCUT2D eigenvalue weighted by atomic mass is 10.1. The van der Waals surface area contributed by atoms with E-state index in [1.807, 2.05) is 13.8 Å². The zero-order chi connectivity index (χ0) is 22.4. The number of benzene rings is 1. The van der Waals surface area contributed by atoms with Crippen LogP contribution in [0.1, 0.15) is 35.9 Å². The average molecular weight is 441 g/mol. The number of carbonyl (C=O) groups excluding carboxylic acids is 2. The van der Waals surface area contributed by atoms with Crippen molar-refractivity contribution in [3.63, 3.8) is 0 Å². The first-order valence-electron chi connectivity index (χ1n) is 10.2. The van der Waals surface area contributed by atoms with Gasteiger partial charge in [0.15, 0.2) is 17.9 Å². The van der Waals surface area contributed by atoms with E-state index in [0.29, 0.717) is 25.1 Å². The van der Waals surface area contributed by atoms with Crippen molar-refractivity contribution >= 4 is 34.9 Å². The third-order valence-corrected chi connectivity index (χ3v) is 5.58. The maximum absolute atomic E-state index is 15.6. The highest BCUT2D eigenvalue weighted by atomic mass is 19.1. The minimum absolute atomic E-state index is 0.0243. The molecule has 3 aromatic rings. The van der Waals surface area contributed by atoms with Gasteiger partial charge in [-0.1, -0.05) is 5.16 Å². The Bertz CT molecular complexity index is 1180. The van der Waals surface area contributed by atoms with Crippen LogP contribution in [0, 0.1) is 5.82 Å². The highest BCUT2D eigenvalue weighted by molar-refractivity contribution is 6.03. The van der Waals surface area contributed by atoms with Crippen molar-refractivity contribution in [3.8, 4) is 0 Å². The molecule has 1 amide bonds. The molecular weight excluding hydrogens is 421 g/mol. The number of rotatable bonds is 4. The van der Waals surface area contributed by atoms with Gasteiger partial charge in [0.25, 0.3) is 0 Å². The molecule has 3 unspecified atom stereocenters. The Morgan fingerprint density at radius 3 is 2.69 bits per heavy atom. The standard InChI is InChI=1S/C21H20FN5O5/c1-11-7-26(8-12(2)31-11)18-13(9-28)5-14-19(17(18)22)32-25-20(14)27-16(10-30-21(27)29)15-6-23-3-4-24-15/h3-6,9,11-12,16H,7-8,10H2,1-2H3. The van der Waals surface area contributed by atoms with Crippen molar-refractivity contribution < 1.29 is 28.0 Å². The van der Waals surface area contributed by atoms with E-state index in [1.165, 1.54) is 29.6 Å². The molecule has 166 valence electrons. The Morgan fingerprint density at radius 1 is 1.22 bits per heavy atom. The maximum atomic E-state index is 15.6. The molecule has 0 bridgehead atoms. The number of hydrogen-bond donors (Lipinski definition) is 0. The number of anilines is 2. The van der Waals surface area contributed by atoms with Gasteiger partial charge < -0.3 is 18.9 Å². The quantitative estimate of drug-likeness (QED) is 0.564. The largest absolute Gasteiger partial charge is 0.446 e. The van der Waals surface area contributed by atoms with E-state index in [4.69, 9.17) is 14.0 Å². The molecule has 0 aliphatic carbocycles. The van der Waals surface area contributed by atoms with E-state index in [-0.39, 0.29) is 46.9 Å². The number of nitrogens with zero attached hydrogens (tertiary/aromatic N) is 5. The topological polar surface area (TPSA) is 111 Å². The maximum Gasteiger partial charge on any atom is 0.416 e. The molecule has 5 rings (SSSR count). The Kier molecular flexibility index (Phi) is 4.97. The number of hydrogen-bond acceptors (Lipinski definition) is 9. The molecule has 0 spiro atoms. The fraction of sp³-hybridized carbons (Fsp3) is 0.381. The zero-order valence-corrected chi connectivity index (χ0v) is 17.4. The molecule has 32 heavy (non-hydrogen) atoms. The van der Waals surface area contributed by atoms with Crippen LogP contribution in [0.15, 0.2) is 29.2 Å². The van der Waals surface area contributed by atoms with Gasteiger partial charge in [0.2, 0.25) is 5.58 Å². The van der Waals surface area contributed by atoms with Gasteiger partial charge in [-0.3, -0.25) is 14.8 Å². The van der Waals surface area contributed by atoms with Crippen LogP contribution in [-0.4, -0.2) is 59.4 Å². The Labute approximate surface area is 181 Å². The van der Waals surface area contributed by atoms with E-state index < -0.39 is 18.0 Å². The highest BCUT2D eigenvalue weighted by Gasteiger charge is 2.40. The second-order valence-corrected chi connectivity index (χ2v) is 7.88. The van der Waals surface area contributed by atoms with Gasteiger partial charge in [-0.2, -0.15) is 0 Å². The monoisotopic (exact) mass is 441 g/mol. The highest BCUT2D eigenvalue weighted by Crippen LogP contribution is 2.40. The molecule has 2 saturated heterocycles. The lowest BCUT2D eigenvalue weighted by Crippen LogP contribution is -2.46. The number of cyclic esters (lactones) is 1. The van der Waals surface area contributed by atoms with Crippen molar-refractivity contribution in [1.29, 1.82) is 0 Å². The summed E-state index contributed by atoms with van der Waals surface area (Å²) in [5.41, 5.74) is 0.597. The lowest BCUT2D eigenvalue weighted by molar-refractivity contribution is -0.00543. The Balaban J connectivity index is 1.62. The molecule has 0 N–H and O–H groups in total. The number of morpholine rings is 1. The van der Waals surface area contributed by atoms with Gasteiger partial charge in [-0.05, 0) is 19.9 Å². The Hall–Kier alpha value is -3.60. The summed E-state index contributed by atoms with van der Waals surface area (Å²) >= 11 is 0. The van der Waals surface area contributed by atoms with E-state index >= 15 is 4.39 Å². The summed E-state index contributed by atoms with van der Waals surface area (Å²) in [6.07, 6.45) is 4.16. The van der Waals surface area contributed by atoms with Crippen molar-refractivity contribution in [2.45, 2.75) is 32.1 Å². The van der Waals surface area contributed by atoms with Gasteiger partial charge in [-0.15, -0.1) is 0 Å². The van der Waals surface area contributed by atoms with Crippen LogP contribution < -0.4 is 9.80 Å². The molecule has 2 aliphatic heterocycles. The van der Waals surface area contributed by atoms with Crippen LogP contribution in [0.4, 0.5) is 20.7 Å². The number of fused-ring (bicyclic) bond motifs is 1. The van der Waals surface area contributed by atoms with Gasteiger partial charge >= 0.3 is 6.09 Å². The number of ether oxygens (including phenoxy) is 2. The first-order chi connectivity index (χ1) is 15.5.